The first-order chi connectivity index (χ1) is 9.28. The zero-order chi connectivity index (χ0) is 12.9. The molecule has 3 heteroatoms. The number of hydrogen-bond donors (Lipinski definition) is 1. The summed E-state index contributed by atoms with van der Waals surface area (Å²) >= 11 is 5.48. The van der Waals surface area contributed by atoms with Gasteiger partial charge < -0.3 is 9.55 Å². The molecule has 0 amide bonds. The molecule has 0 spiro atoms. The standard InChI is InChI=1S/C16H18N2S/c19-15-17-10-14(12-4-2-1-3-5-12)18(15)11-16(8-9-16)13-6-7-13/h1-5,10,13H,6-9,11H2,(H,17,19). The summed E-state index contributed by atoms with van der Waals surface area (Å²) < 4.78 is 3.18. The predicted octanol–water partition coefficient (Wildman–Crippen LogP) is 4.40. The number of imidazole rings is 1. The molecule has 0 unspecified atom stereocenters. The van der Waals surface area contributed by atoms with Crippen LogP contribution < -0.4 is 0 Å². The highest BCUT2D eigenvalue weighted by atomic mass is 32.1. The molecule has 1 aromatic carbocycles. The Morgan fingerprint density at radius 3 is 2.58 bits per heavy atom. The second-order valence-corrected chi connectivity index (χ2v) is 6.45. The first-order valence-electron chi connectivity index (χ1n) is 7.12. The lowest BCUT2D eigenvalue weighted by molar-refractivity contribution is 0.370. The Labute approximate surface area is 118 Å². The number of rotatable bonds is 4. The van der Waals surface area contributed by atoms with Gasteiger partial charge in [0.15, 0.2) is 4.77 Å². The molecule has 0 atom stereocenters. The van der Waals surface area contributed by atoms with Crippen molar-refractivity contribution >= 4 is 12.2 Å². The number of nitrogens with zero attached hydrogens (tertiary/aromatic N) is 1. The van der Waals surface area contributed by atoms with Crippen LogP contribution in [0.25, 0.3) is 11.3 Å². The van der Waals surface area contributed by atoms with Gasteiger partial charge in [0.05, 0.1) is 5.69 Å². The van der Waals surface area contributed by atoms with E-state index in [1.807, 2.05) is 0 Å². The Kier molecular flexibility index (Phi) is 2.46. The SMILES string of the molecule is S=c1[nH]cc(-c2ccccc2)n1CC1(C2CC2)CC1. The van der Waals surface area contributed by atoms with E-state index in [2.05, 4.69) is 46.1 Å². The Hall–Kier alpha value is -1.35. The lowest BCUT2D eigenvalue weighted by Crippen LogP contribution is -2.14. The van der Waals surface area contributed by atoms with Crippen molar-refractivity contribution in [3.8, 4) is 11.3 Å². The molecule has 0 aliphatic heterocycles. The van der Waals surface area contributed by atoms with E-state index >= 15 is 0 Å². The summed E-state index contributed by atoms with van der Waals surface area (Å²) in [6, 6.07) is 10.5. The van der Waals surface area contributed by atoms with E-state index in [1.165, 1.54) is 36.9 Å². The highest BCUT2D eigenvalue weighted by Crippen LogP contribution is 2.62. The third-order valence-electron chi connectivity index (χ3n) is 4.75. The normalized spacial score (nSPS) is 20.4. The monoisotopic (exact) mass is 270 g/mol. The zero-order valence-electron chi connectivity index (χ0n) is 10.9. The minimum Gasteiger partial charge on any atom is -0.337 e. The van der Waals surface area contributed by atoms with Crippen LogP contribution in [-0.2, 0) is 6.54 Å². The summed E-state index contributed by atoms with van der Waals surface area (Å²) in [5.74, 6) is 0.966. The number of aromatic amines is 1. The van der Waals surface area contributed by atoms with Gasteiger partial charge in [0.1, 0.15) is 0 Å². The molecule has 2 aliphatic carbocycles. The molecule has 0 saturated heterocycles. The fourth-order valence-corrected chi connectivity index (χ4v) is 3.49. The van der Waals surface area contributed by atoms with Crippen LogP contribution in [0.4, 0.5) is 0 Å². The van der Waals surface area contributed by atoms with Gasteiger partial charge in [-0.2, -0.15) is 0 Å². The average Bonchev–Trinajstić information content (AvgIpc) is 3.32. The lowest BCUT2D eigenvalue weighted by Gasteiger charge is -2.17. The predicted molar refractivity (Wildman–Crippen MR) is 79.4 cm³/mol. The highest BCUT2D eigenvalue weighted by Gasteiger charge is 2.53. The summed E-state index contributed by atoms with van der Waals surface area (Å²) in [7, 11) is 0. The van der Waals surface area contributed by atoms with Crippen molar-refractivity contribution in [3.63, 3.8) is 0 Å². The second kappa shape index (κ2) is 4.07. The van der Waals surface area contributed by atoms with Crippen molar-refractivity contribution in [2.75, 3.05) is 0 Å². The van der Waals surface area contributed by atoms with Gasteiger partial charge in [0.25, 0.3) is 0 Å². The van der Waals surface area contributed by atoms with E-state index in [0.717, 1.165) is 17.2 Å². The number of H-pyrrole nitrogens is 1. The molecule has 98 valence electrons. The van der Waals surface area contributed by atoms with Gasteiger partial charge in [0, 0.05) is 12.7 Å². The Morgan fingerprint density at radius 2 is 1.95 bits per heavy atom. The molecule has 1 heterocycles. The number of nitrogens with one attached hydrogen (secondary N) is 1. The minimum atomic E-state index is 0.573. The van der Waals surface area contributed by atoms with E-state index < -0.39 is 0 Å². The maximum atomic E-state index is 5.48. The van der Waals surface area contributed by atoms with Crippen LogP contribution >= 0.6 is 12.2 Å². The van der Waals surface area contributed by atoms with Gasteiger partial charge in [-0.1, -0.05) is 30.3 Å². The van der Waals surface area contributed by atoms with Crippen molar-refractivity contribution in [1.82, 2.24) is 9.55 Å². The van der Waals surface area contributed by atoms with Gasteiger partial charge >= 0.3 is 0 Å². The van der Waals surface area contributed by atoms with Crippen LogP contribution in [0, 0.1) is 16.1 Å². The quantitative estimate of drug-likeness (QED) is 0.816. The van der Waals surface area contributed by atoms with Crippen LogP contribution in [0.15, 0.2) is 36.5 Å². The van der Waals surface area contributed by atoms with Gasteiger partial charge in [-0.15, -0.1) is 0 Å². The van der Waals surface area contributed by atoms with Crippen molar-refractivity contribution in [3.05, 3.63) is 41.3 Å². The maximum absolute atomic E-state index is 5.48. The Morgan fingerprint density at radius 1 is 1.21 bits per heavy atom. The van der Waals surface area contributed by atoms with E-state index in [9.17, 15) is 0 Å². The fraction of sp³-hybridized carbons (Fsp3) is 0.438. The van der Waals surface area contributed by atoms with Crippen molar-refractivity contribution in [2.24, 2.45) is 11.3 Å². The van der Waals surface area contributed by atoms with Crippen LogP contribution in [0.5, 0.6) is 0 Å². The van der Waals surface area contributed by atoms with Gasteiger partial charge in [-0.05, 0) is 54.8 Å². The van der Waals surface area contributed by atoms with E-state index in [4.69, 9.17) is 12.2 Å². The molecule has 19 heavy (non-hydrogen) atoms. The Bertz CT molecular complexity index is 645. The summed E-state index contributed by atoms with van der Waals surface area (Å²) in [6.07, 6.45) is 7.69. The summed E-state index contributed by atoms with van der Waals surface area (Å²) in [4.78, 5) is 3.22. The van der Waals surface area contributed by atoms with E-state index in [1.54, 1.807) is 0 Å². The smallest absolute Gasteiger partial charge is 0.177 e. The molecular formula is C16H18N2S. The molecule has 0 radical (unpaired) electrons. The molecule has 2 aromatic rings. The van der Waals surface area contributed by atoms with E-state index in [0.29, 0.717) is 5.41 Å². The summed E-state index contributed by atoms with van der Waals surface area (Å²) in [5.41, 5.74) is 3.06. The van der Waals surface area contributed by atoms with Gasteiger partial charge in [0.2, 0.25) is 0 Å². The van der Waals surface area contributed by atoms with Gasteiger partial charge in [-0.3, -0.25) is 0 Å². The van der Waals surface area contributed by atoms with E-state index in [-0.39, 0.29) is 0 Å². The number of aromatic nitrogens is 2. The molecule has 2 aliphatic rings. The summed E-state index contributed by atoms with van der Waals surface area (Å²) in [6.45, 7) is 1.10. The molecule has 4 rings (SSSR count). The minimum absolute atomic E-state index is 0.573. The maximum Gasteiger partial charge on any atom is 0.177 e. The zero-order valence-corrected chi connectivity index (χ0v) is 11.7. The molecule has 2 saturated carbocycles. The molecule has 2 nitrogen and oxygen atoms in total. The highest BCUT2D eigenvalue weighted by molar-refractivity contribution is 7.71. The molecular weight excluding hydrogens is 252 g/mol. The van der Waals surface area contributed by atoms with Crippen molar-refractivity contribution < 1.29 is 0 Å². The van der Waals surface area contributed by atoms with Crippen LogP contribution in [0.2, 0.25) is 0 Å². The third-order valence-corrected chi connectivity index (χ3v) is 5.08. The fourth-order valence-electron chi connectivity index (χ4n) is 3.27. The lowest BCUT2D eigenvalue weighted by atomic mass is 10.0. The van der Waals surface area contributed by atoms with Gasteiger partial charge in [-0.25, -0.2) is 0 Å². The van der Waals surface area contributed by atoms with Crippen LogP contribution in [-0.4, -0.2) is 9.55 Å². The van der Waals surface area contributed by atoms with Crippen LogP contribution in [0.3, 0.4) is 0 Å². The van der Waals surface area contributed by atoms with Crippen molar-refractivity contribution in [2.45, 2.75) is 32.2 Å². The largest absolute Gasteiger partial charge is 0.337 e. The summed E-state index contributed by atoms with van der Waals surface area (Å²) in [5, 5.41) is 0. The third kappa shape index (κ3) is 1.96. The Balaban J connectivity index is 1.72. The first kappa shape index (κ1) is 11.5. The number of benzene rings is 1. The molecule has 0 bridgehead atoms. The molecule has 2 fully saturated rings. The first-order valence-corrected chi connectivity index (χ1v) is 7.53. The molecule has 1 aromatic heterocycles. The van der Waals surface area contributed by atoms with Crippen molar-refractivity contribution in [1.29, 1.82) is 0 Å². The average molecular weight is 270 g/mol. The van der Waals surface area contributed by atoms with Crippen LogP contribution in [0.1, 0.15) is 25.7 Å². The number of hydrogen-bond acceptors (Lipinski definition) is 1. The second-order valence-electron chi connectivity index (χ2n) is 6.07. The molecule has 1 N–H and O–H groups in total. The topological polar surface area (TPSA) is 20.7 Å².